The molecule has 1 atom stereocenters. The van der Waals surface area contributed by atoms with Crippen LogP contribution in [0.25, 0.3) is 0 Å². The van der Waals surface area contributed by atoms with Crippen LogP contribution in [0.15, 0.2) is 70.9 Å². The van der Waals surface area contributed by atoms with Gasteiger partial charge in [0.25, 0.3) is 5.91 Å². The Hall–Kier alpha value is -2.11. The molecule has 0 radical (unpaired) electrons. The molecule has 1 amide bonds. The molecule has 5 heteroatoms. The van der Waals surface area contributed by atoms with Crippen molar-refractivity contribution in [2.24, 2.45) is 0 Å². The molecular weight excluding hydrogens is 353 g/mol. The number of hydrogen-bond donors (Lipinski definition) is 1. The average Bonchev–Trinajstić information content (AvgIpc) is 3.14. The minimum Gasteiger partial charge on any atom is -0.345 e. The smallest absolute Gasteiger partial charge is 0.252 e. The predicted molar refractivity (Wildman–Crippen MR) is 103 cm³/mol. The number of rotatable bonds is 6. The predicted octanol–water partition coefficient (Wildman–Crippen LogP) is 5.67. The summed E-state index contributed by atoms with van der Waals surface area (Å²) in [5, 5.41) is 5.05. The van der Waals surface area contributed by atoms with E-state index in [0.717, 1.165) is 16.2 Å². The lowest BCUT2D eigenvalue weighted by molar-refractivity contribution is 0.0937. The minimum absolute atomic E-state index is 0.119. The van der Waals surface area contributed by atoms with Gasteiger partial charge in [-0.25, -0.2) is 4.39 Å². The Morgan fingerprint density at radius 1 is 1.12 bits per heavy atom. The van der Waals surface area contributed by atoms with E-state index in [1.807, 2.05) is 37.3 Å². The number of thioether (sulfide) groups is 1. The molecule has 2 nitrogen and oxygen atoms in total. The molecule has 0 saturated carbocycles. The molecule has 0 spiro atoms. The molecular formula is C20H18FNOS2. The third kappa shape index (κ3) is 4.71. The first-order valence-electron chi connectivity index (χ1n) is 7.94. The number of halogens is 1. The van der Waals surface area contributed by atoms with Crippen molar-refractivity contribution in [2.75, 3.05) is 0 Å². The molecule has 1 unspecified atom stereocenters. The van der Waals surface area contributed by atoms with E-state index in [9.17, 15) is 9.18 Å². The van der Waals surface area contributed by atoms with Crippen LogP contribution in [-0.2, 0) is 5.75 Å². The lowest BCUT2D eigenvalue weighted by atomic mass is 10.1. The van der Waals surface area contributed by atoms with Gasteiger partial charge in [-0.1, -0.05) is 30.3 Å². The van der Waals surface area contributed by atoms with Crippen LogP contribution in [-0.4, -0.2) is 5.91 Å². The normalized spacial score (nSPS) is 11.9. The second-order valence-corrected chi connectivity index (χ2v) is 7.66. The van der Waals surface area contributed by atoms with E-state index in [1.54, 1.807) is 35.2 Å². The Morgan fingerprint density at radius 2 is 1.88 bits per heavy atom. The molecule has 3 rings (SSSR count). The Morgan fingerprint density at radius 3 is 2.60 bits per heavy atom. The zero-order valence-corrected chi connectivity index (χ0v) is 15.4. The van der Waals surface area contributed by atoms with E-state index in [2.05, 4.69) is 16.8 Å². The summed E-state index contributed by atoms with van der Waals surface area (Å²) in [7, 11) is 0. The number of amides is 1. The maximum Gasteiger partial charge on any atom is 0.252 e. The first-order valence-corrected chi connectivity index (χ1v) is 9.80. The summed E-state index contributed by atoms with van der Waals surface area (Å²) < 4.78 is 13.0. The summed E-state index contributed by atoms with van der Waals surface area (Å²) in [6.45, 7) is 1.90. The van der Waals surface area contributed by atoms with Crippen molar-refractivity contribution >= 4 is 29.0 Å². The lowest BCUT2D eigenvalue weighted by Gasteiger charge is -2.16. The van der Waals surface area contributed by atoms with Crippen LogP contribution in [0.4, 0.5) is 4.39 Å². The number of thiophene rings is 1. The van der Waals surface area contributed by atoms with Gasteiger partial charge in [0.15, 0.2) is 0 Å². The van der Waals surface area contributed by atoms with Gasteiger partial charge in [0.05, 0.1) is 11.6 Å². The maximum absolute atomic E-state index is 13.0. The van der Waals surface area contributed by atoms with Crippen LogP contribution in [0.3, 0.4) is 0 Å². The van der Waals surface area contributed by atoms with E-state index in [4.69, 9.17) is 0 Å². The summed E-state index contributed by atoms with van der Waals surface area (Å²) in [5.74, 6) is 0.443. The van der Waals surface area contributed by atoms with Crippen molar-refractivity contribution in [3.63, 3.8) is 0 Å². The minimum atomic E-state index is -0.280. The largest absolute Gasteiger partial charge is 0.345 e. The van der Waals surface area contributed by atoms with Gasteiger partial charge in [0.1, 0.15) is 5.82 Å². The molecule has 1 N–H and O–H groups in total. The van der Waals surface area contributed by atoms with Gasteiger partial charge in [-0.05, 0) is 48.2 Å². The number of carbonyl (C=O) groups is 1. The molecule has 0 aliphatic heterocycles. The molecule has 25 heavy (non-hydrogen) atoms. The number of hydrogen-bond acceptors (Lipinski definition) is 3. The molecule has 0 bridgehead atoms. The first kappa shape index (κ1) is 17.7. The monoisotopic (exact) mass is 371 g/mol. The molecule has 0 saturated heterocycles. The van der Waals surface area contributed by atoms with Crippen molar-refractivity contribution in [3.8, 4) is 0 Å². The number of nitrogens with one attached hydrogen (secondary N) is 1. The fraction of sp³-hybridized carbons (Fsp3) is 0.150. The Labute approximate surface area is 155 Å². The van der Waals surface area contributed by atoms with Crippen molar-refractivity contribution in [1.82, 2.24) is 5.32 Å². The average molecular weight is 372 g/mol. The number of benzene rings is 2. The third-order valence-corrected chi connectivity index (χ3v) is 5.98. The quantitative estimate of drug-likeness (QED) is 0.566. The van der Waals surface area contributed by atoms with E-state index in [0.29, 0.717) is 5.56 Å². The molecule has 1 heterocycles. The SMILES string of the molecule is CC(NC(=O)c1ccccc1SCc1cccs1)c1ccc(F)cc1. The van der Waals surface area contributed by atoms with E-state index in [1.165, 1.54) is 17.0 Å². The molecule has 2 aromatic carbocycles. The van der Waals surface area contributed by atoms with Gasteiger partial charge in [-0.2, -0.15) is 0 Å². The van der Waals surface area contributed by atoms with Gasteiger partial charge >= 0.3 is 0 Å². The Balaban J connectivity index is 1.70. The van der Waals surface area contributed by atoms with Gasteiger partial charge < -0.3 is 5.32 Å². The van der Waals surface area contributed by atoms with Crippen LogP contribution in [0, 0.1) is 5.82 Å². The Bertz CT molecular complexity index is 831. The summed E-state index contributed by atoms with van der Waals surface area (Å²) >= 11 is 3.37. The van der Waals surface area contributed by atoms with Crippen LogP contribution >= 0.6 is 23.1 Å². The molecule has 128 valence electrons. The molecule has 0 aliphatic carbocycles. The zero-order chi connectivity index (χ0) is 17.6. The van der Waals surface area contributed by atoms with E-state index < -0.39 is 0 Å². The highest BCUT2D eigenvalue weighted by molar-refractivity contribution is 7.98. The van der Waals surface area contributed by atoms with Gasteiger partial charge in [-0.15, -0.1) is 23.1 Å². The Kier molecular flexibility index (Phi) is 5.89. The van der Waals surface area contributed by atoms with E-state index in [-0.39, 0.29) is 17.8 Å². The topological polar surface area (TPSA) is 29.1 Å². The van der Waals surface area contributed by atoms with Crippen LogP contribution in [0.5, 0.6) is 0 Å². The van der Waals surface area contributed by atoms with Crippen molar-refractivity contribution in [2.45, 2.75) is 23.6 Å². The summed E-state index contributed by atoms with van der Waals surface area (Å²) in [5.41, 5.74) is 1.54. The second-order valence-electron chi connectivity index (χ2n) is 5.61. The molecule has 0 aliphatic rings. The summed E-state index contributed by atoms with van der Waals surface area (Å²) in [6, 6.07) is 17.7. The van der Waals surface area contributed by atoms with Gasteiger partial charge in [0.2, 0.25) is 0 Å². The fourth-order valence-corrected chi connectivity index (χ4v) is 4.26. The second kappa shape index (κ2) is 8.32. The van der Waals surface area contributed by atoms with Crippen LogP contribution in [0.2, 0.25) is 0 Å². The van der Waals surface area contributed by atoms with Crippen LogP contribution in [0.1, 0.15) is 33.8 Å². The highest BCUT2D eigenvalue weighted by atomic mass is 32.2. The molecule has 3 aromatic rings. The number of carbonyl (C=O) groups excluding carboxylic acids is 1. The summed E-state index contributed by atoms with van der Waals surface area (Å²) in [4.78, 5) is 14.9. The van der Waals surface area contributed by atoms with Gasteiger partial charge in [-0.3, -0.25) is 4.79 Å². The van der Waals surface area contributed by atoms with Crippen molar-refractivity contribution in [3.05, 3.63) is 87.9 Å². The van der Waals surface area contributed by atoms with Crippen molar-refractivity contribution < 1.29 is 9.18 Å². The van der Waals surface area contributed by atoms with E-state index >= 15 is 0 Å². The molecule has 1 aromatic heterocycles. The highest BCUT2D eigenvalue weighted by Gasteiger charge is 2.15. The lowest BCUT2D eigenvalue weighted by Crippen LogP contribution is -2.27. The standard InChI is InChI=1S/C20H18FNOS2/c1-14(15-8-10-16(21)11-9-15)22-20(23)18-6-2-3-7-19(18)25-13-17-5-4-12-24-17/h2-12,14H,13H2,1H3,(H,22,23). The van der Waals surface area contributed by atoms with Crippen LogP contribution < -0.4 is 5.32 Å². The van der Waals surface area contributed by atoms with Crippen molar-refractivity contribution in [1.29, 1.82) is 0 Å². The fourth-order valence-electron chi connectivity index (χ4n) is 2.43. The third-order valence-electron chi connectivity index (χ3n) is 3.80. The molecule has 0 fully saturated rings. The zero-order valence-electron chi connectivity index (χ0n) is 13.7. The maximum atomic E-state index is 13.0. The summed E-state index contributed by atoms with van der Waals surface area (Å²) in [6.07, 6.45) is 0. The van der Waals surface area contributed by atoms with Gasteiger partial charge in [0, 0.05) is 15.5 Å². The highest BCUT2D eigenvalue weighted by Crippen LogP contribution is 2.28. The first-order chi connectivity index (χ1) is 12.1.